The van der Waals surface area contributed by atoms with Gasteiger partial charge >= 0.3 is 0 Å². The first-order valence-electron chi connectivity index (χ1n) is 7.59. The van der Waals surface area contributed by atoms with Gasteiger partial charge in [0.15, 0.2) is 0 Å². The Morgan fingerprint density at radius 1 is 1.12 bits per heavy atom. The minimum atomic E-state index is -0.571. The van der Waals surface area contributed by atoms with Crippen molar-refractivity contribution in [2.45, 2.75) is 13.1 Å². The van der Waals surface area contributed by atoms with Gasteiger partial charge in [-0.2, -0.15) is 0 Å². The van der Waals surface area contributed by atoms with Crippen molar-refractivity contribution < 1.29 is 4.79 Å². The lowest BCUT2D eigenvalue weighted by Gasteiger charge is -2.21. The van der Waals surface area contributed by atoms with Crippen LogP contribution in [-0.4, -0.2) is 22.5 Å². The summed E-state index contributed by atoms with van der Waals surface area (Å²) >= 11 is 0. The van der Waals surface area contributed by atoms with E-state index in [2.05, 4.69) is 4.98 Å². The third kappa shape index (κ3) is 3.12. The number of primary amides is 1. The molecule has 2 N–H and O–H groups in total. The number of fused-ring (bicyclic) bond motifs is 1. The Balaban J connectivity index is 2.08. The van der Waals surface area contributed by atoms with Gasteiger partial charge in [0.2, 0.25) is 5.91 Å². The summed E-state index contributed by atoms with van der Waals surface area (Å²) in [5.41, 5.74) is 6.66. The monoisotopic (exact) mass is 322 g/mol. The minimum Gasteiger partial charge on any atom is -0.368 e. The highest BCUT2D eigenvalue weighted by molar-refractivity contribution is 5.78. The molecule has 0 unspecified atom stereocenters. The molecule has 0 aliphatic heterocycles. The van der Waals surface area contributed by atoms with Crippen LogP contribution < -0.4 is 16.2 Å². The van der Waals surface area contributed by atoms with Crippen molar-refractivity contribution in [1.82, 2.24) is 9.55 Å². The summed E-state index contributed by atoms with van der Waals surface area (Å²) in [5, 5.41) is 0.477. The lowest BCUT2D eigenvalue weighted by Crippen LogP contribution is -2.33. The summed E-state index contributed by atoms with van der Waals surface area (Å²) in [6.07, 6.45) is 0. The Labute approximate surface area is 139 Å². The number of hydrogen-bond acceptors (Lipinski definition) is 4. The molecule has 0 radical (unpaired) electrons. The maximum absolute atomic E-state index is 12.7. The molecule has 0 aliphatic carbocycles. The van der Waals surface area contributed by atoms with Crippen molar-refractivity contribution in [3.63, 3.8) is 0 Å². The Hall–Kier alpha value is -3.15. The second-order valence-electron chi connectivity index (χ2n) is 5.59. The van der Waals surface area contributed by atoms with Crippen molar-refractivity contribution in [3.8, 4) is 0 Å². The van der Waals surface area contributed by atoms with Crippen LogP contribution in [0, 0.1) is 0 Å². The molecule has 0 aliphatic rings. The molecule has 6 nitrogen and oxygen atoms in total. The number of para-hydroxylation sites is 2. The lowest BCUT2D eigenvalue weighted by atomic mass is 10.2. The minimum absolute atomic E-state index is 0.186. The van der Waals surface area contributed by atoms with Gasteiger partial charge in [-0.05, 0) is 24.3 Å². The number of rotatable bonds is 5. The summed E-state index contributed by atoms with van der Waals surface area (Å²) in [7, 11) is 1.91. The largest absolute Gasteiger partial charge is 0.368 e. The van der Waals surface area contributed by atoms with E-state index < -0.39 is 5.91 Å². The van der Waals surface area contributed by atoms with Crippen LogP contribution in [0.3, 0.4) is 0 Å². The van der Waals surface area contributed by atoms with E-state index in [-0.39, 0.29) is 12.1 Å². The Morgan fingerprint density at radius 3 is 2.50 bits per heavy atom. The average molecular weight is 322 g/mol. The fourth-order valence-electron chi connectivity index (χ4n) is 2.64. The van der Waals surface area contributed by atoms with E-state index in [1.807, 2.05) is 48.3 Å². The first kappa shape index (κ1) is 15.7. The highest BCUT2D eigenvalue weighted by Crippen LogP contribution is 2.15. The maximum atomic E-state index is 12.7. The van der Waals surface area contributed by atoms with Crippen LogP contribution in [0.4, 0.5) is 5.69 Å². The topological polar surface area (TPSA) is 81.2 Å². The van der Waals surface area contributed by atoms with Gasteiger partial charge in [0.25, 0.3) is 5.56 Å². The Morgan fingerprint density at radius 2 is 1.79 bits per heavy atom. The van der Waals surface area contributed by atoms with Gasteiger partial charge in [0.05, 0.1) is 17.4 Å². The van der Waals surface area contributed by atoms with E-state index in [1.54, 1.807) is 18.2 Å². The molecule has 0 spiro atoms. The Bertz CT molecular complexity index is 935. The Kier molecular flexibility index (Phi) is 4.29. The molecule has 0 saturated heterocycles. The number of anilines is 1. The third-order valence-corrected chi connectivity index (χ3v) is 3.83. The predicted octanol–water partition coefficient (Wildman–Crippen LogP) is 1.52. The van der Waals surface area contributed by atoms with Gasteiger partial charge < -0.3 is 10.6 Å². The number of amides is 1. The molecule has 0 atom stereocenters. The van der Waals surface area contributed by atoms with E-state index in [0.717, 1.165) is 5.69 Å². The van der Waals surface area contributed by atoms with Gasteiger partial charge in [-0.15, -0.1) is 0 Å². The number of nitrogens with two attached hydrogens (primary N) is 1. The van der Waals surface area contributed by atoms with Crippen LogP contribution >= 0.6 is 0 Å². The number of carbonyl (C=O) groups is 1. The molecule has 2 aromatic carbocycles. The second kappa shape index (κ2) is 6.54. The van der Waals surface area contributed by atoms with Gasteiger partial charge in [-0.25, -0.2) is 4.98 Å². The molecule has 0 fully saturated rings. The van der Waals surface area contributed by atoms with Crippen LogP contribution in [0.5, 0.6) is 0 Å². The first-order chi connectivity index (χ1) is 11.6. The van der Waals surface area contributed by atoms with E-state index >= 15 is 0 Å². The number of nitrogens with zero attached hydrogens (tertiary/aromatic N) is 3. The van der Waals surface area contributed by atoms with Gasteiger partial charge in [-0.1, -0.05) is 30.3 Å². The molecule has 1 amide bonds. The number of carbonyl (C=O) groups excluding carboxylic acids is 1. The molecule has 3 rings (SSSR count). The molecule has 1 heterocycles. The average Bonchev–Trinajstić information content (AvgIpc) is 2.59. The summed E-state index contributed by atoms with van der Waals surface area (Å²) in [4.78, 5) is 30.6. The molecule has 24 heavy (non-hydrogen) atoms. The van der Waals surface area contributed by atoms with Gasteiger partial charge in [0, 0.05) is 12.7 Å². The highest BCUT2D eigenvalue weighted by Gasteiger charge is 2.14. The fraction of sp³-hybridized carbons (Fsp3) is 0.167. The third-order valence-electron chi connectivity index (χ3n) is 3.83. The summed E-state index contributed by atoms with van der Waals surface area (Å²) < 4.78 is 1.35. The van der Waals surface area contributed by atoms with Crippen molar-refractivity contribution >= 4 is 22.5 Å². The van der Waals surface area contributed by atoms with Crippen LogP contribution in [0.2, 0.25) is 0 Å². The molecular formula is C18H18N4O2. The zero-order chi connectivity index (χ0) is 17.1. The maximum Gasteiger partial charge on any atom is 0.261 e. The molecule has 1 aromatic heterocycles. The standard InChI is InChI=1S/C18H18N4O2/c1-21(13-7-3-2-4-8-13)12-17-20-15-10-6-5-9-14(15)18(24)22(17)11-16(19)23/h2-10H,11-12H2,1H3,(H2,19,23). The molecular weight excluding hydrogens is 304 g/mol. The molecule has 6 heteroatoms. The van der Waals surface area contributed by atoms with Crippen LogP contribution in [0.25, 0.3) is 10.9 Å². The predicted molar refractivity (Wildman–Crippen MR) is 93.7 cm³/mol. The molecule has 0 bridgehead atoms. The van der Waals surface area contributed by atoms with Crippen LogP contribution in [0.1, 0.15) is 5.82 Å². The number of hydrogen-bond donors (Lipinski definition) is 1. The van der Waals surface area contributed by atoms with Crippen molar-refractivity contribution in [2.75, 3.05) is 11.9 Å². The second-order valence-corrected chi connectivity index (χ2v) is 5.59. The molecule has 122 valence electrons. The summed E-state index contributed by atoms with van der Waals surface area (Å²) in [6, 6.07) is 16.9. The quantitative estimate of drug-likeness (QED) is 0.772. The van der Waals surface area contributed by atoms with Crippen molar-refractivity contribution in [3.05, 3.63) is 70.8 Å². The molecule has 0 saturated carbocycles. The summed E-state index contributed by atoms with van der Waals surface area (Å²) in [5.74, 6) is -0.0679. The number of benzene rings is 2. The van der Waals surface area contributed by atoms with E-state index in [4.69, 9.17) is 5.73 Å². The van der Waals surface area contributed by atoms with E-state index in [1.165, 1.54) is 4.57 Å². The SMILES string of the molecule is CN(Cc1nc2ccccc2c(=O)n1CC(N)=O)c1ccccc1. The van der Waals surface area contributed by atoms with Gasteiger partial charge in [-0.3, -0.25) is 14.2 Å². The van der Waals surface area contributed by atoms with Crippen LogP contribution in [0.15, 0.2) is 59.4 Å². The van der Waals surface area contributed by atoms with Crippen LogP contribution in [-0.2, 0) is 17.9 Å². The molecule has 3 aromatic rings. The van der Waals surface area contributed by atoms with Crippen molar-refractivity contribution in [2.24, 2.45) is 5.73 Å². The smallest absolute Gasteiger partial charge is 0.261 e. The fourth-order valence-corrected chi connectivity index (χ4v) is 2.64. The highest BCUT2D eigenvalue weighted by atomic mass is 16.2. The zero-order valence-electron chi connectivity index (χ0n) is 13.3. The van der Waals surface area contributed by atoms with E-state index in [0.29, 0.717) is 23.3 Å². The lowest BCUT2D eigenvalue weighted by molar-refractivity contribution is -0.118. The summed E-state index contributed by atoms with van der Waals surface area (Å²) in [6.45, 7) is 0.200. The number of aromatic nitrogens is 2. The normalized spacial score (nSPS) is 10.7. The van der Waals surface area contributed by atoms with Gasteiger partial charge in [0.1, 0.15) is 12.4 Å². The van der Waals surface area contributed by atoms with E-state index in [9.17, 15) is 9.59 Å². The van der Waals surface area contributed by atoms with Crippen molar-refractivity contribution in [1.29, 1.82) is 0 Å². The zero-order valence-corrected chi connectivity index (χ0v) is 13.3. The first-order valence-corrected chi connectivity index (χ1v) is 7.59.